The molecule has 0 aromatic rings. The van der Waals surface area contributed by atoms with Gasteiger partial charge in [-0.2, -0.15) is 0 Å². The van der Waals surface area contributed by atoms with E-state index in [0.29, 0.717) is 6.42 Å². The van der Waals surface area contributed by atoms with E-state index in [9.17, 15) is 4.79 Å². The van der Waals surface area contributed by atoms with Crippen molar-refractivity contribution in [3.63, 3.8) is 0 Å². The standard InChI is InChI=1S/C6H10O3/c1-2-5(3-4-7)6(8)9/h3,7H,2,4H2,1H3,(H,8,9)/b5-3+. The molecule has 3 heteroatoms. The van der Waals surface area contributed by atoms with E-state index in [2.05, 4.69) is 0 Å². The minimum absolute atomic E-state index is 0.199. The molecule has 0 unspecified atom stereocenters. The molecule has 0 aromatic carbocycles. The van der Waals surface area contributed by atoms with Crippen molar-refractivity contribution in [3.8, 4) is 0 Å². The third-order valence-electron chi connectivity index (χ3n) is 0.993. The molecule has 2 N–H and O–H groups in total. The highest BCUT2D eigenvalue weighted by atomic mass is 16.4. The number of hydrogen-bond donors (Lipinski definition) is 2. The maximum atomic E-state index is 10.1. The predicted octanol–water partition coefficient (Wildman–Crippen LogP) is 0.400. The van der Waals surface area contributed by atoms with Gasteiger partial charge in [-0.1, -0.05) is 6.92 Å². The number of carboxylic acids is 1. The Morgan fingerprint density at radius 1 is 1.67 bits per heavy atom. The lowest BCUT2D eigenvalue weighted by atomic mass is 10.2. The van der Waals surface area contributed by atoms with Crippen molar-refractivity contribution in [1.29, 1.82) is 0 Å². The molecule has 0 radical (unpaired) electrons. The molecular formula is C6H10O3. The van der Waals surface area contributed by atoms with Crippen LogP contribution in [0.2, 0.25) is 0 Å². The van der Waals surface area contributed by atoms with Gasteiger partial charge in [0, 0.05) is 5.57 Å². The molecule has 0 spiro atoms. The first-order valence-corrected chi connectivity index (χ1v) is 2.75. The summed E-state index contributed by atoms with van der Waals surface area (Å²) in [4.78, 5) is 10.1. The van der Waals surface area contributed by atoms with Gasteiger partial charge >= 0.3 is 5.97 Å². The monoisotopic (exact) mass is 130 g/mol. The van der Waals surface area contributed by atoms with Gasteiger partial charge in [0.2, 0.25) is 0 Å². The minimum atomic E-state index is -0.952. The molecule has 0 rings (SSSR count). The molecule has 52 valence electrons. The maximum absolute atomic E-state index is 10.1. The highest BCUT2D eigenvalue weighted by molar-refractivity contribution is 5.86. The number of carboxylic acid groups (broad SMARTS) is 1. The molecule has 3 nitrogen and oxygen atoms in total. The van der Waals surface area contributed by atoms with E-state index >= 15 is 0 Å². The highest BCUT2D eigenvalue weighted by Gasteiger charge is 2.00. The summed E-state index contributed by atoms with van der Waals surface area (Å²) in [5.41, 5.74) is 0.262. The first-order chi connectivity index (χ1) is 4.22. The van der Waals surface area contributed by atoms with E-state index in [1.807, 2.05) is 0 Å². The van der Waals surface area contributed by atoms with Crippen LogP contribution < -0.4 is 0 Å². The van der Waals surface area contributed by atoms with Crippen molar-refractivity contribution in [1.82, 2.24) is 0 Å². The lowest BCUT2D eigenvalue weighted by Gasteiger charge is -1.93. The van der Waals surface area contributed by atoms with Crippen molar-refractivity contribution in [2.24, 2.45) is 0 Å². The number of aliphatic hydroxyl groups excluding tert-OH is 1. The number of aliphatic carboxylic acids is 1. The molecule has 0 aliphatic heterocycles. The van der Waals surface area contributed by atoms with Crippen LogP contribution in [0.5, 0.6) is 0 Å². The van der Waals surface area contributed by atoms with Crippen molar-refractivity contribution in [3.05, 3.63) is 11.6 Å². The van der Waals surface area contributed by atoms with Crippen LogP contribution in [0, 0.1) is 0 Å². The zero-order valence-electron chi connectivity index (χ0n) is 5.29. The Hall–Kier alpha value is -0.830. The molecule has 0 aliphatic carbocycles. The summed E-state index contributed by atoms with van der Waals surface area (Å²) >= 11 is 0. The molecule has 0 amide bonds. The lowest BCUT2D eigenvalue weighted by Crippen LogP contribution is -1.99. The third-order valence-corrected chi connectivity index (χ3v) is 0.993. The van der Waals surface area contributed by atoms with Crippen LogP contribution in [-0.4, -0.2) is 22.8 Å². The van der Waals surface area contributed by atoms with Crippen LogP contribution in [-0.2, 0) is 4.79 Å². The normalized spacial score (nSPS) is 11.6. The van der Waals surface area contributed by atoms with Gasteiger partial charge in [0.1, 0.15) is 0 Å². The average molecular weight is 130 g/mol. The lowest BCUT2D eigenvalue weighted by molar-refractivity contribution is -0.132. The molecule has 0 saturated carbocycles. The van der Waals surface area contributed by atoms with Gasteiger partial charge < -0.3 is 10.2 Å². The summed E-state index contributed by atoms with van der Waals surface area (Å²) in [5, 5.41) is 16.6. The van der Waals surface area contributed by atoms with Crippen molar-refractivity contribution in [2.75, 3.05) is 6.61 Å². The largest absolute Gasteiger partial charge is 0.478 e. The number of rotatable bonds is 3. The Balaban J connectivity index is 3.98. The summed E-state index contributed by atoms with van der Waals surface area (Å²) < 4.78 is 0. The second-order valence-corrected chi connectivity index (χ2v) is 1.57. The quantitative estimate of drug-likeness (QED) is 0.543. The van der Waals surface area contributed by atoms with Crippen molar-refractivity contribution in [2.45, 2.75) is 13.3 Å². The van der Waals surface area contributed by atoms with Gasteiger partial charge in [0.05, 0.1) is 6.61 Å². The van der Waals surface area contributed by atoms with Crippen LogP contribution >= 0.6 is 0 Å². The predicted molar refractivity (Wildman–Crippen MR) is 33.1 cm³/mol. The highest BCUT2D eigenvalue weighted by Crippen LogP contribution is 1.98. The van der Waals surface area contributed by atoms with Gasteiger partial charge in [-0.3, -0.25) is 0 Å². The Bertz CT molecular complexity index is 126. The summed E-state index contributed by atoms with van der Waals surface area (Å²) in [5.74, 6) is -0.952. The molecule has 0 saturated heterocycles. The number of aliphatic hydroxyl groups is 1. The Morgan fingerprint density at radius 3 is 2.33 bits per heavy atom. The average Bonchev–Trinajstić information content (AvgIpc) is 1.82. The van der Waals surface area contributed by atoms with E-state index in [4.69, 9.17) is 10.2 Å². The molecule has 0 aromatic heterocycles. The number of hydrogen-bond acceptors (Lipinski definition) is 2. The number of carbonyl (C=O) groups is 1. The van der Waals surface area contributed by atoms with Gasteiger partial charge in [-0.05, 0) is 12.5 Å². The fourth-order valence-electron chi connectivity index (χ4n) is 0.493. The van der Waals surface area contributed by atoms with Crippen LogP contribution in [0.1, 0.15) is 13.3 Å². The first-order valence-electron chi connectivity index (χ1n) is 2.75. The van der Waals surface area contributed by atoms with Crippen LogP contribution in [0.4, 0.5) is 0 Å². The van der Waals surface area contributed by atoms with Gasteiger partial charge in [-0.25, -0.2) is 4.79 Å². The SMILES string of the molecule is CC/C(=C\CO)C(=O)O. The maximum Gasteiger partial charge on any atom is 0.331 e. The van der Waals surface area contributed by atoms with Gasteiger partial charge in [0.25, 0.3) is 0 Å². The summed E-state index contributed by atoms with van der Waals surface area (Å²) in [6.45, 7) is 1.53. The Labute approximate surface area is 53.6 Å². The van der Waals surface area contributed by atoms with E-state index in [-0.39, 0.29) is 12.2 Å². The minimum Gasteiger partial charge on any atom is -0.478 e. The van der Waals surface area contributed by atoms with E-state index in [1.54, 1.807) is 6.92 Å². The second-order valence-electron chi connectivity index (χ2n) is 1.57. The second kappa shape index (κ2) is 4.09. The first kappa shape index (κ1) is 8.17. The van der Waals surface area contributed by atoms with Crippen LogP contribution in [0.25, 0.3) is 0 Å². The Kier molecular flexibility index (Phi) is 3.71. The smallest absolute Gasteiger partial charge is 0.331 e. The molecule has 9 heavy (non-hydrogen) atoms. The van der Waals surface area contributed by atoms with E-state index in [0.717, 1.165) is 0 Å². The molecule has 0 aliphatic rings. The van der Waals surface area contributed by atoms with Crippen molar-refractivity contribution < 1.29 is 15.0 Å². The van der Waals surface area contributed by atoms with E-state index in [1.165, 1.54) is 6.08 Å². The molecule has 0 fully saturated rings. The zero-order valence-corrected chi connectivity index (χ0v) is 5.29. The molecule has 0 atom stereocenters. The van der Waals surface area contributed by atoms with Crippen LogP contribution in [0.3, 0.4) is 0 Å². The summed E-state index contributed by atoms with van der Waals surface area (Å²) in [6.07, 6.45) is 1.75. The fraction of sp³-hybridized carbons (Fsp3) is 0.500. The summed E-state index contributed by atoms with van der Waals surface area (Å²) in [7, 11) is 0. The topological polar surface area (TPSA) is 57.5 Å². The van der Waals surface area contributed by atoms with Gasteiger partial charge in [-0.15, -0.1) is 0 Å². The van der Waals surface area contributed by atoms with Gasteiger partial charge in [0.15, 0.2) is 0 Å². The van der Waals surface area contributed by atoms with Crippen LogP contribution in [0.15, 0.2) is 11.6 Å². The Morgan fingerprint density at radius 2 is 2.22 bits per heavy atom. The molecule has 0 bridgehead atoms. The molecular weight excluding hydrogens is 120 g/mol. The zero-order chi connectivity index (χ0) is 7.28. The molecule has 0 heterocycles. The fourth-order valence-corrected chi connectivity index (χ4v) is 0.493. The van der Waals surface area contributed by atoms with E-state index < -0.39 is 5.97 Å². The van der Waals surface area contributed by atoms with Crippen molar-refractivity contribution >= 4 is 5.97 Å². The summed E-state index contributed by atoms with van der Waals surface area (Å²) in [6, 6.07) is 0. The third kappa shape index (κ3) is 2.87.